The van der Waals surface area contributed by atoms with Crippen LogP contribution in [0.15, 0.2) is 0 Å². The lowest BCUT2D eigenvalue weighted by Crippen LogP contribution is -2.03. The van der Waals surface area contributed by atoms with Gasteiger partial charge in [0.1, 0.15) is 6.17 Å². The molecule has 1 rings (SSSR count). The first-order valence-electron chi connectivity index (χ1n) is 2.85. The highest BCUT2D eigenvalue weighted by atomic mass is 19.1. The number of alkyl halides is 1. The molecule has 0 aromatic heterocycles. The maximum absolute atomic E-state index is 12.4. The van der Waals surface area contributed by atoms with E-state index in [-0.39, 0.29) is 0 Å². The van der Waals surface area contributed by atoms with Crippen molar-refractivity contribution in [2.75, 3.05) is 0 Å². The molecule has 0 aromatic carbocycles. The van der Waals surface area contributed by atoms with Crippen LogP contribution >= 0.6 is 0 Å². The molecule has 3 heteroatoms. The first kappa shape index (κ1) is 6.52. The zero-order chi connectivity index (χ0) is 7.23. The number of aliphatic carboxylic acids is 1. The number of halogens is 1. The van der Waals surface area contributed by atoms with E-state index in [0.717, 1.165) is 0 Å². The van der Waals surface area contributed by atoms with Crippen molar-refractivity contribution in [1.82, 2.24) is 0 Å². The Hall–Kier alpha value is -0.600. The normalized spacial score (nSPS) is 38.1. The maximum Gasteiger partial charge on any atom is 0.310 e. The third kappa shape index (κ3) is 0.713. The van der Waals surface area contributed by atoms with Gasteiger partial charge in [0.25, 0.3) is 0 Å². The van der Waals surface area contributed by atoms with Gasteiger partial charge in [-0.05, 0) is 0 Å². The second-order valence-corrected chi connectivity index (χ2v) is 3.04. The number of rotatable bonds is 1. The van der Waals surface area contributed by atoms with Crippen molar-refractivity contribution in [3.05, 3.63) is 0 Å². The molecule has 1 fully saturated rings. The largest absolute Gasteiger partial charge is 0.481 e. The summed E-state index contributed by atoms with van der Waals surface area (Å²) in [6, 6.07) is 0. The maximum atomic E-state index is 12.4. The molecule has 1 saturated carbocycles. The van der Waals surface area contributed by atoms with Crippen LogP contribution in [0, 0.1) is 11.3 Å². The smallest absolute Gasteiger partial charge is 0.310 e. The molecule has 1 aliphatic carbocycles. The van der Waals surface area contributed by atoms with E-state index < -0.39 is 23.5 Å². The average molecular weight is 132 g/mol. The molecular formula is C6H9FO2. The van der Waals surface area contributed by atoms with Crippen LogP contribution in [0.2, 0.25) is 0 Å². The molecule has 0 bridgehead atoms. The Morgan fingerprint density at radius 3 is 2.00 bits per heavy atom. The van der Waals surface area contributed by atoms with E-state index in [9.17, 15) is 9.18 Å². The molecule has 1 N–H and O–H groups in total. The Morgan fingerprint density at radius 2 is 2.00 bits per heavy atom. The minimum absolute atomic E-state index is 0.619. The van der Waals surface area contributed by atoms with Crippen molar-refractivity contribution in [2.45, 2.75) is 20.0 Å². The summed E-state index contributed by atoms with van der Waals surface area (Å²) in [5, 5.41) is 8.32. The van der Waals surface area contributed by atoms with Crippen molar-refractivity contribution in [3.8, 4) is 0 Å². The molecule has 2 nitrogen and oxygen atoms in total. The zero-order valence-electron chi connectivity index (χ0n) is 5.39. The van der Waals surface area contributed by atoms with Gasteiger partial charge in [0.15, 0.2) is 0 Å². The Kier molecular flexibility index (Phi) is 1.06. The highest BCUT2D eigenvalue weighted by Crippen LogP contribution is 2.54. The molecule has 0 aromatic rings. The van der Waals surface area contributed by atoms with E-state index in [4.69, 9.17) is 5.11 Å². The summed E-state index contributed by atoms with van der Waals surface area (Å²) >= 11 is 0. The quantitative estimate of drug-likeness (QED) is 0.579. The number of carbonyl (C=O) groups is 1. The standard InChI is InChI=1S/C6H9FO2/c1-6(2)3(4(6)7)5(8)9/h3-4H,1-2H3,(H,8,9)/t3-,4+/m1/s1. The lowest BCUT2D eigenvalue weighted by Gasteiger charge is -1.93. The molecule has 0 radical (unpaired) electrons. The van der Waals surface area contributed by atoms with Crippen molar-refractivity contribution in [3.63, 3.8) is 0 Å². The van der Waals surface area contributed by atoms with E-state index in [1.807, 2.05) is 0 Å². The second kappa shape index (κ2) is 1.46. The third-order valence-electron chi connectivity index (χ3n) is 1.96. The Morgan fingerprint density at radius 1 is 1.67 bits per heavy atom. The van der Waals surface area contributed by atoms with Crippen LogP contribution in [0.3, 0.4) is 0 Å². The van der Waals surface area contributed by atoms with Gasteiger partial charge < -0.3 is 5.11 Å². The fourth-order valence-corrected chi connectivity index (χ4v) is 1.02. The third-order valence-corrected chi connectivity index (χ3v) is 1.96. The summed E-state index contributed by atoms with van der Waals surface area (Å²) in [4.78, 5) is 10.1. The lowest BCUT2D eigenvalue weighted by atomic mass is 10.1. The summed E-state index contributed by atoms with van der Waals surface area (Å²) in [6.07, 6.45) is -1.14. The van der Waals surface area contributed by atoms with Crippen molar-refractivity contribution in [2.24, 2.45) is 11.3 Å². The molecule has 9 heavy (non-hydrogen) atoms. The molecule has 0 heterocycles. The Balaban J connectivity index is 2.62. The van der Waals surface area contributed by atoms with Gasteiger partial charge in [-0.1, -0.05) is 13.8 Å². The van der Waals surface area contributed by atoms with Gasteiger partial charge in [-0.3, -0.25) is 4.79 Å². The van der Waals surface area contributed by atoms with Crippen LogP contribution in [0.1, 0.15) is 13.8 Å². The molecule has 0 aliphatic heterocycles. The van der Waals surface area contributed by atoms with Crippen LogP contribution < -0.4 is 0 Å². The summed E-state index contributed by atoms with van der Waals surface area (Å²) in [5.74, 6) is -1.79. The summed E-state index contributed by atoms with van der Waals surface area (Å²) in [5.41, 5.74) is -0.619. The molecular weight excluding hydrogens is 123 g/mol. The molecule has 0 saturated heterocycles. The van der Waals surface area contributed by atoms with Crippen molar-refractivity contribution >= 4 is 5.97 Å². The molecule has 0 spiro atoms. The molecule has 0 amide bonds. The van der Waals surface area contributed by atoms with Gasteiger partial charge in [0.2, 0.25) is 0 Å². The van der Waals surface area contributed by atoms with Crippen LogP contribution in [-0.2, 0) is 4.79 Å². The highest BCUT2D eigenvalue weighted by molar-refractivity contribution is 5.76. The van der Waals surface area contributed by atoms with Gasteiger partial charge in [-0.2, -0.15) is 0 Å². The Labute approximate surface area is 52.7 Å². The summed E-state index contributed by atoms with van der Waals surface area (Å²) in [7, 11) is 0. The number of carboxylic acid groups (broad SMARTS) is 1. The number of hydrogen-bond acceptors (Lipinski definition) is 1. The van der Waals surface area contributed by atoms with Gasteiger partial charge >= 0.3 is 5.97 Å². The molecule has 0 unspecified atom stereocenters. The topological polar surface area (TPSA) is 37.3 Å². The fraction of sp³-hybridized carbons (Fsp3) is 0.833. The minimum Gasteiger partial charge on any atom is -0.481 e. The van der Waals surface area contributed by atoms with Crippen LogP contribution in [0.25, 0.3) is 0 Å². The van der Waals surface area contributed by atoms with Crippen LogP contribution in [0.5, 0.6) is 0 Å². The Bertz CT molecular complexity index is 153. The minimum atomic E-state index is -1.14. The first-order valence-corrected chi connectivity index (χ1v) is 2.85. The molecule has 52 valence electrons. The number of carboxylic acids is 1. The van der Waals surface area contributed by atoms with Gasteiger partial charge in [0, 0.05) is 5.41 Å². The summed E-state index contributed by atoms with van der Waals surface area (Å²) < 4.78 is 12.4. The van der Waals surface area contributed by atoms with E-state index in [1.165, 1.54) is 0 Å². The highest BCUT2D eigenvalue weighted by Gasteiger charge is 2.63. The molecule has 1 aliphatic rings. The van der Waals surface area contributed by atoms with Crippen LogP contribution in [0.4, 0.5) is 4.39 Å². The van der Waals surface area contributed by atoms with E-state index >= 15 is 0 Å². The van der Waals surface area contributed by atoms with Crippen molar-refractivity contribution < 1.29 is 14.3 Å². The fourth-order valence-electron chi connectivity index (χ4n) is 1.02. The van der Waals surface area contributed by atoms with Crippen LogP contribution in [-0.4, -0.2) is 17.2 Å². The molecule has 2 atom stereocenters. The number of hydrogen-bond donors (Lipinski definition) is 1. The van der Waals surface area contributed by atoms with Gasteiger partial charge in [-0.15, -0.1) is 0 Å². The monoisotopic (exact) mass is 132 g/mol. The predicted molar refractivity (Wildman–Crippen MR) is 29.8 cm³/mol. The second-order valence-electron chi connectivity index (χ2n) is 3.04. The van der Waals surface area contributed by atoms with Crippen molar-refractivity contribution in [1.29, 1.82) is 0 Å². The lowest BCUT2D eigenvalue weighted by molar-refractivity contribution is -0.139. The van der Waals surface area contributed by atoms with E-state index in [0.29, 0.717) is 0 Å². The first-order chi connectivity index (χ1) is 3.98. The zero-order valence-corrected chi connectivity index (χ0v) is 5.39. The predicted octanol–water partition coefficient (Wildman–Crippen LogP) is 1.07. The van der Waals surface area contributed by atoms with Gasteiger partial charge in [-0.25, -0.2) is 4.39 Å². The average Bonchev–Trinajstić information content (AvgIpc) is 2.07. The van der Waals surface area contributed by atoms with Gasteiger partial charge in [0.05, 0.1) is 5.92 Å². The summed E-state index contributed by atoms with van der Waals surface area (Å²) in [6.45, 7) is 3.24. The SMILES string of the molecule is CC1(C)[C@@H](F)[C@@H]1C(=O)O. The van der Waals surface area contributed by atoms with E-state index in [2.05, 4.69) is 0 Å². The van der Waals surface area contributed by atoms with E-state index in [1.54, 1.807) is 13.8 Å².